The van der Waals surface area contributed by atoms with Crippen molar-refractivity contribution in [2.45, 2.75) is 12.8 Å². The highest BCUT2D eigenvalue weighted by molar-refractivity contribution is 6.31. The summed E-state index contributed by atoms with van der Waals surface area (Å²) in [5, 5.41) is 22.2. The van der Waals surface area contributed by atoms with Gasteiger partial charge in [0.15, 0.2) is 0 Å². The van der Waals surface area contributed by atoms with Crippen LogP contribution in [-0.4, -0.2) is 11.6 Å². The van der Waals surface area contributed by atoms with E-state index in [0.29, 0.717) is 5.71 Å². The molecule has 7 heteroatoms. The van der Waals surface area contributed by atoms with Crippen LogP contribution in [-0.2, 0) is 4.79 Å². The first-order valence-electron chi connectivity index (χ1n) is 6.08. The fraction of sp³-hybridized carbons (Fsp3) is 0.286. The average Bonchev–Trinajstić information content (AvgIpc) is 2.77. The van der Waals surface area contributed by atoms with Crippen LogP contribution in [0.25, 0.3) is 0 Å². The Morgan fingerprint density at radius 2 is 2.10 bits per heavy atom. The Morgan fingerprint density at radius 3 is 2.57 bits per heavy atom. The summed E-state index contributed by atoms with van der Waals surface area (Å²) in [7, 11) is 0. The van der Waals surface area contributed by atoms with Gasteiger partial charge in [-0.1, -0.05) is 17.7 Å². The second-order valence-electron chi connectivity index (χ2n) is 4.60. The Balaban J connectivity index is 2.63. The summed E-state index contributed by atoms with van der Waals surface area (Å²) in [6.45, 7) is 1.58. The van der Waals surface area contributed by atoms with Crippen molar-refractivity contribution >= 4 is 23.2 Å². The maximum absolute atomic E-state index is 14.2. The highest BCUT2D eigenvalue weighted by atomic mass is 35.5. The molecule has 1 N–H and O–H groups in total. The Hall–Kier alpha value is -2.44. The molecule has 1 aliphatic heterocycles. The van der Waals surface area contributed by atoms with Crippen LogP contribution < -0.4 is 5.43 Å². The fourth-order valence-electron chi connectivity index (χ4n) is 2.44. The molecule has 5 nitrogen and oxygen atoms in total. The van der Waals surface area contributed by atoms with Gasteiger partial charge in [0.25, 0.3) is 0 Å². The topological polar surface area (TPSA) is 89.0 Å². The van der Waals surface area contributed by atoms with Crippen LogP contribution in [0.3, 0.4) is 0 Å². The summed E-state index contributed by atoms with van der Waals surface area (Å²) >= 11 is 6.03. The van der Waals surface area contributed by atoms with Gasteiger partial charge in [-0.3, -0.25) is 4.79 Å². The number of hydrogen-bond acceptors (Lipinski definition) is 4. The molecule has 106 valence electrons. The number of hydrazone groups is 1. The van der Waals surface area contributed by atoms with Crippen molar-refractivity contribution < 1.29 is 9.18 Å². The van der Waals surface area contributed by atoms with Crippen molar-refractivity contribution in [2.24, 2.45) is 16.9 Å². The van der Waals surface area contributed by atoms with Gasteiger partial charge in [0.05, 0.1) is 18.1 Å². The number of carbonyl (C=O) groups is 1. The van der Waals surface area contributed by atoms with Gasteiger partial charge in [-0.2, -0.15) is 15.6 Å². The van der Waals surface area contributed by atoms with Crippen LogP contribution in [0.4, 0.5) is 4.39 Å². The molecule has 1 aromatic carbocycles. The molecule has 0 radical (unpaired) electrons. The first-order valence-corrected chi connectivity index (χ1v) is 6.46. The molecule has 0 fully saturated rings. The lowest BCUT2D eigenvalue weighted by Crippen LogP contribution is -2.32. The highest BCUT2D eigenvalue weighted by Crippen LogP contribution is 2.39. The standard InChI is InChI=1S/C14H10ClFN4O/c1-7-11(14(21)20-19-7)12(8(5-17)6-18)13-9(15)3-2-4-10(13)16/h2-4,8,11-12H,1H3,(H,20,21)/t11-,12+/m1/s1. The van der Waals surface area contributed by atoms with Gasteiger partial charge in [-0.15, -0.1) is 0 Å². The molecule has 0 aromatic heterocycles. The largest absolute Gasteiger partial charge is 0.272 e. The maximum Gasteiger partial charge on any atom is 0.249 e. The van der Waals surface area contributed by atoms with E-state index in [4.69, 9.17) is 22.1 Å². The van der Waals surface area contributed by atoms with E-state index in [1.165, 1.54) is 18.2 Å². The van der Waals surface area contributed by atoms with Crippen LogP contribution in [0.2, 0.25) is 5.02 Å². The summed E-state index contributed by atoms with van der Waals surface area (Å²) in [5.74, 6) is -4.27. The number of nitriles is 2. The molecule has 0 unspecified atom stereocenters. The SMILES string of the molecule is CC1=NNC(=O)[C@H]1[C@@H](c1c(F)cccc1Cl)C(C#N)C#N. The molecule has 0 saturated carbocycles. The zero-order valence-electron chi connectivity index (χ0n) is 11.0. The molecule has 1 amide bonds. The summed E-state index contributed by atoms with van der Waals surface area (Å²) in [4.78, 5) is 11.9. The van der Waals surface area contributed by atoms with Crippen molar-refractivity contribution in [3.63, 3.8) is 0 Å². The number of nitrogens with zero attached hydrogens (tertiary/aromatic N) is 3. The van der Waals surface area contributed by atoms with Crippen LogP contribution in [0.1, 0.15) is 18.4 Å². The van der Waals surface area contributed by atoms with Gasteiger partial charge in [-0.25, -0.2) is 9.82 Å². The Bertz CT molecular complexity index is 670. The Morgan fingerprint density at radius 1 is 1.43 bits per heavy atom. The Kier molecular flexibility index (Phi) is 4.21. The van der Waals surface area contributed by atoms with Crippen molar-refractivity contribution in [1.82, 2.24) is 5.43 Å². The lowest BCUT2D eigenvalue weighted by atomic mass is 9.75. The number of halogens is 2. The van der Waals surface area contributed by atoms with Gasteiger partial charge in [0, 0.05) is 22.2 Å². The normalized spacial score (nSPS) is 18.7. The molecule has 1 aliphatic rings. The number of benzene rings is 1. The van der Waals surface area contributed by atoms with Gasteiger partial charge in [0.1, 0.15) is 11.7 Å². The van der Waals surface area contributed by atoms with E-state index >= 15 is 0 Å². The molecule has 0 spiro atoms. The minimum atomic E-state index is -1.22. The zero-order chi connectivity index (χ0) is 15.6. The van der Waals surface area contributed by atoms with Crippen molar-refractivity contribution in [1.29, 1.82) is 10.5 Å². The van der Waals surface area contributed by atoms with E-state index in [-0.39, 0.29) is 10.6 Å². The van der Waals surface area contributed by atoms with Crippen LogP contribution >= 0.6 is 11.6 Å². The first kappa shape index (κ1) is 15.0. The quantitative estimate of drug-likeness (QED) is 0.929. The molecule has 1 heterocycles. The van der Waals surface area contributed by atoms with Gasteiger partial charge >= 0.3 is 0 Å². The number of carbonyl (C=O) groups excluding carboxylic acids is 1. The van der Waals surface area contributed by atoms with E-state index in [0.717, 1.165) is 0 Å². The average molecular weight is 305 g/mol. The van der Waals surface area contributed by atoms with Crippen LogP contribution in [0.5, 0.6) is 0 Å². The molecule has 2 rings (SSSR count). The van der Waals surface area contributed by atoms with Crippen molar-refractivity contribution in [3.8, 4) is 12.1 Å². The molecule has 21 heavy (non-hydrogen) atoms. The summed E-state index contributed by atoms with van der Waals surface area (Å²) in [6.07, 6.45) is 0. The predicted molar refractivity (Wildman–Crippen MR) is 73.6 cm³/mol. The fourth-order valence-corrected chi connectivity index (χ4v) is 2.73. The minimum Gasteiger partial charge on any atom is -0.272 e. The molecule has 0 aliphatic carbocycles. The second-order valence-corrected chi connectivity index (χ2v) is 5.01. The smallest absolute Gasteiger partial charge is 0.249 e. The molecular weight excluding hydrogens is 295 g/mol. The monoisotopic (exact) mass is 304 g/mol. The molecule has 1 aromatic rings. The van der Waals surface area contributed by atoms with Crippen molar-refractivity contribution in [2.75, 3.05) is 0 Å². The van der Waals surface area contributed by atoms with E-state index < -0.39 is 29.5 Å². The number of nitrogens with one attached hydrogen (secondary N) is 1. The summed E-state index contributed by atoms with van der Waals surface area (Å²) in [6, 6.07) is 7.66. The Labute approximate surface area is 125 Å². The third-order valence-electron chi connectivity index (χ3n) is 3.40. The van der Waals surface area contributed by atoms with Crippen LogP contribution in [0.15, 0.2) is 23.3 Å². The first-order chi connectivity index (χ1) is 10.0. The lowest BCUT2D eigenvalue weighted by Gasteiger charge is -2.24. The third kappa shape index (κ3) is 2.58. The maximum atomic E-state index is 14.2. The van der Waals surface area contributed by atoms with Crippen LogP contribution in [0, 0.1) is 40.3 Å². The summed E-state index contributed by atoms with van der Waals surface area (Å²) in [5.41, 5.74) is 2.65. The number of hydrogen-bond donors (Lipinski definition) is 1. The predicted octanol–water partition coefficient (Wildman–Crippen LogP) is 2.35. The van der Waals surface area contributed by atoms with E-state index in [1.54, 1.807) is 19.1 Å². The third-order valence-corrected chi connectivity index (χ3v) is 3.73. The van der Waals surface area contributed by atoms with E-state index in [1.807, 2.05) is 0 Å². The molecule has 0 bridgehead atoms. The highest BCUT2D eigenvalue weighted by Gasteiger charge is 2.42. The summed E-state index contributed by atoms with van der Waals surface area (Å²) < 4.78 is 14.2. The minimum absolute atomic E-state index is 0.0103. The van der Waals surface area contributed by atoms with Gasteiger partial charge in [-0.05, 0) is 19.1 Å². The molecule has 2 atom stereocenters. The van der Waals surface area contributed by atoms with Gasteiger partial charge in [0.2, 0.25) is 5.91 Å². The molecular formula is C14H10ClFN4O. The number of amides is 1. The number of rotatable bonds is 3. The zero-order valence-corrected chi connectivity index (χ0v) is 11.7. The van der Waals surface area contributed by atoms with E-state index in [2.05, 4.69) is 10.5 Å². The van der Waals surface area contributed by atoms with Crippen molar-refractivity contribution in [3.05, 3.63) is 34.6 Å². The second kappa shape index (κ2) is 5.90. The van der Waals surface area contributed by atoms with Gasteiger partial charge < -0.3 is 0 Å². The van der Waals surface area contributed by atoms with E-state index in [9.17, 15) is 9.18 Å². The lowest BCUT2D eigenvalue weighted by molar-refractivity contribution is -0.122. The molecule has 0 saturated heterocycles.